The number of carboxylic acid groups (broad SMARTS) is 1. The Bertz CT molecular complexity index is 947. The van der Waals surface area contributed by atoms with Crippen LogP contribution in [0.2, 0.25) is 0 Å². The summed E-state index contributed by atoms with van der Waals surface area (Å²) in [6, 6.07) is 11.3. The standard InChI is InChI=1S/C21H23N3O5S2/c25-17-10-22-21(29)24(17)11-15-8-9-16(31-15)18(20(27)28)23-19(26)14(12-30)7-6-13-4-2-1-3-5-13/h1-5,8-9,14,18,30H,6-7,10-12H2,(H,22,29)(H,23,26)(H,27,28). The highest BCUT2D eigenvalue weighted by atomic mass is 32.1. The third-order valence-corrected chi connectivity index (χ3v) is 6.54. The highest BCUT2D eigenvalue weighted by Gasteiger charge is 2.30. The van der Waals surface area contributed by atoms with Gasteiger partial charge >= 0.3 is 12.0 Å². The molecular formula is C21H23N3O5S2. The lowest BCUT2D eigenvalue weighted by molar-refractivity contribution is -0.142. The van der Waals surface area contributed by atoms with E-state index in [9.17, 15) is 24.3 Å². The zero-order chi connectivity index (χ0) is 22.4. The van der Waals surface area contributed by atoms with E-state index >= 15 is 0 Å². The van der Waals surface area contributed by atoms with Crippen molar-refractivity contribution in [3.05, 3.63) is 57.8 Å². The first-order valence-electron chi connectivity index (χ1n) is 9.73. The maximum Gasteiger partial charge on any atom is 0.331 e. The summed E-state index contributed by atoms with van der Waals surface area (Å²) in [4.78, 5) is 50.1. The van der Waals surface area contributed by atoms with Crippen molar-refractivity contribution in [1.82, 2.24) is 15.5 Å². The topological polar surface area (TPSA) is 116 Å². The number of urea groups is 1. The van der Waals surface area contributed by atoms with Crippen LogP contribution in [-0.2, 0) is 27.3 Å². The van der Waals surface area contributed by atoms with Crippen molar-refractivity contribution in [2.45, 2.75) is 25.4 Å². The summed E-state index contributed by atoms with van der Waals surface area (Å²) in [5.41, 5.74) is 1.10. The van der Waals surface area contributed by atoms with E-state index in [1.807, 2.05) is 30.3 Å². The second-order valence-corrected chi connectivity index (χ2v) is 8.69. The van der Waals surface area contributed by atoms with E-state index in [1.165, 1.54) is 0 Å². The quantitative estimate of drug-likeness (QED) is 0.320. The lowest BCUT2D eigenvalue weighted by atomic mass is 9.99. The SMILES string of the molecule is O=C(NC(C(=O)O)c1ccc(CN2C(=O)CNC2=O)s1)C(CS)CCc1ccccc1. The Labute approximate surface area is 189 Å². The van der Waals surface area contributed by atoms with Crippen LogP contribution in [0.25, 0.3) is 0 Å². The van der Waals surface area contributed by atoms with Crippen LogP contribution < -0.4 is 10.6 Å². The fraction of sp³-hybridized carbons (Fsp3) is 0.333. The molecular weight excluding hydrogens is 438 g/mol. The monoisotopic (exact) mass is 461 g/mol. The Hall–Kier alpha value is -2.85. The van der Waals surface area contributed by atoms with Gasteiger partial charge in [-0.05, 0) is 30.5 Å². The Kier molecular flexibility index (Phi) is 7.69. The van der Waals surface area contributed by atoms with Crippen LogP contribution in [0.5, 0.6) is 0 Å². The summed E-state index contributed by atoms with van der Waals surface area (Å²) in [6.45, 7) is 0.0188. The number of benzene rings is 1. The zero-order valence-corrected chi connectivity index (χ0v) is 18.3. The van der Waals surface area contributed by atoms with Gasteiger partial charge in [-0.3, -0.25) is 14.5 Å². The van der Waals surface area contributed by atoms with E-state index in [-0.39, 0.29) is 24.9 Å². The van der Waals surface area contributed by atoms with Crippen molar-refractivity contribution in [3.63, 3.8) is 0 Å². The first kappa shape index (κ1) is 22.8. The summed E-state index contributed by atoms with van der Waals surface area (Å²) in [5.74, 6) is -2.03. The van der Waals surface area contributed by atoms with Gasteiger partial charge in [0.2, 0.25) is 11.8 Å². The Morgan fingerprint density at radius 1 is 1.19 bits per heavy atom. The average Bonchev–Trinajstić information content (AvgIpc) is 3.35. The lowest BCUT2D eigenvalue weighted by Gasteiger charge is -2.18. The first-order chi connectivity index (χ1) is 14.9. The van der Waals surface area contributed by atoms with E-state index in [0.717, 1.165) is 21.8 Å². The maximum absolute atomic E-state index is 12.7. The Morgan fingerprint density at radius 2 is 1.94 bits per heavy atom. The minimum atomic E-state index is -1.21. The molecule has 1 aliphatic rings. The molecule has 2 aromatic rings. The van der Waals surface area contributed by atoms with Gasteiger partial charge in [-0.1, -0.05) is 30.3 Å². The number of aryl methyl sites for hydroxylation is 1. The second-order valence-electron chi connectivity index (χ2n) is 7.13. The van der Waals surface area contributed by atoms with Crippen LogP contribution in [0, 0.1) is 5.92 Å². The molecule has 8 nitrogen and oxygen atoms in total. The Morgan fingerprint density at radius 3 is 2.55 bits per heavy atom. The number of rotatable bonds is 10. The highest BCUT2D eigenvalue weighted by Crippen LogP contribution is 2.26. The van der Waals surface area contributed by atoms with Gasteiger partial charge in [0.15, 0.2) is 6.04 Å². The molecule has 0 radical (unpaired) electrons. The van der Waals surface area contributed by atoms with Crippen molar-refractivity contribution >= 4 is 47.8 Å². The van der Waals surface area contributed by atoms with Gasteiger partial charge in [0.25, 0.3) is 0 Å². The van der Waals surface area contributed by atoms with Crippen LogP contribution in [0.15, 0.2) is 42.5 Å². The van der Waals surface area contributed by atoms with Gasteiger partial charge in [-0.2, -0.15) is 12.6 Å². The van der Waals surface area contributed by atoms with Crippen molar-refractivity contribution in [3.8, 4) is 0 Å². The number of hydrogen-bond acceptors (Lipinski definition) is 6. The maximum atomic E-state index is 12.7. The van der Waals surface area contributed by atoms with Crippen LogP contribution in [0.1, 0.15) is 27.8 Å². The molecule has 3 N–H and O–H groups in total. The van der Waals surface area contributed by atoms with Crippen LogP contribution in [0.3, 0.4) is 0 Å². The van der Waals surface area contributed by atoms with E-state index in [2.05, 4.69) is 23.3 Å². The number of nitrogens with zero attached hydrogens (tertiary/aromatic N) is 1. The number of amides is 4. The summed E-state index contributed by atoms with van der Waals surface area (Å²) in [6.07, 6.45) is 1.24. The van der Waals surface area contributed by atoms with Crippen molar-refractivity contribution in [2.75, 3.05) is 12.3 Å². The number of aliphatic carboxylic acids is 1. The molecule has 10 heteroatoms. The third-order valence-electron chi connectivity index (χ3n) is 4.97. The molecule has 2 heterocycles. The first-order valence-corrected chi connectivity index (χ1v) is 11.2. The molecule has 2 unspecified atom stereocenters. The average molecular weight is 462 g/mol. The number of thiophene rings is 1. The summed E-state index contributed by atoms with van der Waals surface area (Å²) in [5, 5.41) is 14.7. The number of hydrogen-bond donors (Lipinski definition) is 4. The van der Waals surface area contributed by atoms with E-state index in [1.54, 1.807) is 12.1 Å². The zero-order valence-electron chi connectivity index (χ0n) is 16.6. The van der Waals surface area contributed by atoms with Crippen LogP contribution in [-0.4, -0.2) is 46.1 Å². The smallest absolute Gasteiger partial charge is 0.331 e. The highest BCUT2D eigenvalue weighted by molar-refractivity contribution is 7.80. The summed E-state index contributed by atoms with van der Waals surface area (Å²) < 4.78 is 0. The number of thiol groups is 1. The normalized spacial score (nSPS) is 15.5. The van der Waals surface area contributed by atoms with Gasteiger partial charge in [0, 0.05) is 21.4 Å². The van der Waals surface area contributed by atoms with Gasteiger partial charge < -0.3 is 15.7 Å². The minimum absolute atomic E-state index is 0.0427. The molecule has 1 aromatic heterocycles. The molecule has 0 saturated carbocycles. The number of imide groups is 1. The molecule has 0 aliphatic carbocycles. The molecule has 1 aromatic carbocycles. The fourth-order valence-electron chi connectivity index (χ4n) is 3.21. The molecule has 31 heavy (non-hydrogen) atoms. The molecule has 164 valence electrons. The predicted molar refractivity (Wildman–Crippen MR) is 119 cm³/mol. The van der Waals surface area contributed by atoms with Gasteiger partial charge in [0.05, 0.1) is 13.1 Å². The van der Waals surface area contributed by atoms with Gasteiger partial charge in [-0.25, -0.2) is 9.59 Å². The molecule has 0 spiro atoms. The fourth-order valence-corrected chi connectivity index (χ4v) is 4.61. The number of carbonyl (C=O) groups excluding carboxylic acids is 3. The van der Waals surface area contributed by atoms with E-state index in [4.69, 9.17) is 0 Å². The summed E-state index contributed by atoms with van der Waals surface area (Å²) >= 11 is 5.41. The molecule has 0 bridgehead atoms. The van der Waals surface area contributed by atoms with Crippen LogP contribution in [0.4, 0.5) is 4.79 Å². The van der Waals surface area contributed by atoms with Crippen LogP contribution >= 0.6 is 24.0 Å². The molecule has 2 atom stereocenters. The minimum Gasteiger partial charge on any atom is -0.479 e. The largest absolute Gasteiger partial charge is 0.479 e. The Balaban J connectivity index is 1.64. The molecule has 1 saturated heterocycles. The summed E-state index contributed by atoms with van der Waals surface area (Å²) in [7, 11) is 0. The molecule has 1 aliphatic heterocycles. The van der Waals surface area contributed by atoms with Crippen molar-refractivity contribution in [1.29, 1.82) is 0 Å². The van der Waals surface area contributed by atoms with Crippen molar-refractivity contribution in [2.24, 2.45) is 5.92 Å². The second kappa shape index (κ2) is 10.5. The third kappa shape index (κ3) is 5.86. The van der Waals surface area contributed by atoms with E-state index < -0.39 is 24.0 Å². The van der Waals surface area contributed by atoms with Gasteiger partial charge in [-0.15, -0.1) is 11.3 Å². The lowest BCUT2D eigenvalue weighted by Crippen LogP contribution is -2.38. The van der Waals surface area contributed by atoms with E-state index in [0.29, 0.717) is 28.3 Å². The number of carboxylic acids is 1. The van der Waals surface area contributed by atoms with Gasteiger partial charge in [0.1, 0.15) is 0 Å². The molecule has 1 fully saturated rings. The van der Waals surface area contributed by atoms with Crippen molar-refractivity contribution < 1.29 is 24.3 Å². The number of carbonyl (C=O) groups is 4. The number of nitrogens with one attached hydrogen (secondary N) is 2. The molecule has 3 rings (SSSR count). The predicted octanol–water partition coefficient (Wildman–Crippen LogP) is 2.22. The molecule has 4 amide bonds.